The molecule has 0 radical (unpaired) electrons. The van der Waals surface area contributed by atoms with E-state index >= 15 is 0 Å². The first-order valence-corrected chi connectivity index (χ1v) is 14.6. The van der Waals surface area contributed by atoms with E-state index in [4.69, 9.17) is 4.74 Å². The van der Waals surface area contributed by atoms with Crippen LogP contribution in [0.3, 0.4) is 0 Å². The molecule has 0 aliphatic heterocycles. The van der Waals surface area contributed by atoms with E-state index in [2.05, 4.69) is 5.32 Å². The predicted molar refractivity (Wildman–Crippen MR) is 153 cm³/mol. The number of amides is 2. The SMILES string of the molecule is CCCNC(=O)C(CC)N(Cc1ccc(F)cc1)C(=O)CN(c1ccc(OC)cc1)S(=O)(=O)c1ccc(C)cc1. The Morgan fingerprint density at radius 2 is 1.57 bits per heavy atom. The summed E-state index contributed by atoms with van der Waals surface area (Å²) in [6.45, 7) is 5.44. The Morgan fingerprint density at radius 3 is 2.12 bits per heavy atom. The van der Waals surface area contributed by atoms with Crippen molar-refractivity contribution < 1.29 is 27.1 Å². The number of benzene rings is 3. The van der Waals surface area contributed by atoms with Crippen molar-refractivity contribution in [2.75, 3.05) is 24.5 Å². The van der Waals surface area contributed by atoms with Crippen LogP contribution in [0.5, 0.6) is 5.75 Å². The number of ether oxygens (including phenoxy) is 1. The highest BCUT2D eigenvalue weighted by Gasteiger charge is 2.33. The molecular formula is C30H36FN3O5S. The number of sulfonamides is 1. The van der Waals surface area contributed by atoms with Gasteiger partial charge in [0.1, 0.15) is 24.2 Å². The highest BCUT2D eigenvalue weighted by atomic mass is 32.2. The Balaban J connectivity index is 2.04. The summed E-state index contributed by atoms with van der Waals surface area (Å²) in [7, 11) is -2.67. The number of rotatable bonds is 13. The molecule has 1 N–H and O–H groups in total. The molecule has 0 spiro atoms. The molecule has 0 saturated heterocycles. The molecule has 0 heterocycles. The number of methoxy groups -OCH3 is 1. The van der Waals surface area contributed by atoms with Crippen molar-refractivity contribution in [3.05, 3.63) is 89.7 Å². The van der Waals surface area contributed by atoms with Gasteiger partial charge in [0.2, 0.25) is 11.8 Å². The Morgan fingerprint density at radius 1 is 0.950 bits per heavy atom. The van der Waals surface area contributed by atoms with Gasteiger partial charge in [0, 0.05) is 13.1 Å². The Bertz CT molecular complexity index is 1380. The fourth-order valence-electron chi connectivity index (χ4n) is 4.19. The minimum atomic E-state index is -4.17. The number of nitrogens with one attached hydrogen (secondary N) is 1. The molecule has 3 rings (SSSR count). The molecular weight excluding hydrogens is 533 g/mol. The van der Waals surface area contributed by atoms with Crippen LogP contribution in [0.1, 0.15) is 37.8 Å². The van der Waals surface area contributed by atoms with E-state index in [1.165, 1.54) is 48.4 Å². The van der Waals surface area contributed by atoms with E-state index in [9.17, 15) is 22.4 Å². The number of hydrogen-bond donors (Lipinski definition) is 1. The summed E-state index contributed by atoms with van der Waals surface area (Å²) in [5, 5.41) is 2.83. The van der Waals surface area contributed by atoms with E-state index in [0.29, 0.717) is 30.7 Å². The van der Waals surface area contributed by atoms with E-state index in [0.717, 1.165) is 9.87 Å². The highest BCUT2D eigenvalue weighted by Crippen LogP contribution is 2.27. The van der Waals surface area contributed by atoms with Crippen LogP contribution < -0.4 is 14.4 Å². The Kier molecular flexibility index (Phi) is 10.7. The van der Waals surface area contributed by atoms with E-state index < -0.39 is 34.3 Å². The molecule has 0 saturated carbocycles. The van der Waals surface area contributed by atoms with Crippen LogP contribution in [-0.2, 0) is 26.2 Å². The molecule has 214 valence electrons. The van der Waals surface area contributed by atoms with Crippen molar-refractivity contribution in [2.45, 2.75) is 51.1 Å². The second-order valence-electron chi connectivity index (χ2n) is 9.39. The monoisotopic (exact) mass is 569 g/mol. The summed E-state index contributed by atoms with van der Waals surface area (Å²) < 4.78 is 47.6. The number of hydrogen-bond acceptors (Lipinski definition) is 5. The van der Waals surface area contributed by atoms with Gasteiger partial charge in [-0.15, -0.1) is 0 Å². The predicted octanol–water partition coefficient (Wildman–Crippen LogP) is 4.67. The standard InChI is InChI=1S/C30H36FN3O5S/c1-5-19-32-30(36)28(6-2)33(20-23-9-11-24(31)12-10-23)29(35)21-34(25-13-15-26(39-4)16-14-25)40(37,38)27-17-7-22(3)8-18-27/h7-18,28H,5-6,19-21H2,1-4H3,(H,32,36). The zero-order valence-electron chi connectivity index (χ0n) is 23.3. The minimum absolute atomic E-state index is 0.00179. The molecule has 2 amide bonds. The van der Waals surface area contributed by atoms with Crippen LogP contribution in [0.2, 0.25) is 0 Å². The van der Waals surface area contributed by atoms with Gasteiger partial charge in [0.25, 0.3) is 10.0 Å². The maximum Gasteiger partial charge on any atom is 0.264 e. The second-order valence-corrected chi connectivity index (χ2v) is 11.2. The molecule has 3 aromatic carbocycles. The Labute approximate surface area is 235 Å². The van der Waals surface area contributed by atoms with Crippen molar-refractivity contribution in [3.8, 4) is 5.75 Å². The molecule has 3 aromatic rings. The number of carbonyl (C=O) groups is 2. The highest BCUT2D eigenvalue weighted by molar-refractivity contribution is 7.92. The molecule has 8 nitrogen and oxygen atoms in total. The summed E-state index contributed by atoms with van der Waals surface area (Å²) in [4.78, 5) is 28.5. The molecule has 0 aromatic heterocycles. The maximum absolute atomic E-state index is 14.0. The summed E-state index contributed by atoms with van der Waals surface area (Å²) in [6, 6.07) is 17.5. The first-order valence-electron chi connectivity index (χ1n) is 13.2. The quantitative estimate of drug-likeness (QED) is 0.323. The molecule has 0 bridgehead atoms. The van der Waals surface area contributed by atoms with E-state index in [1.54, 1.807) is 43.3 Å². The van der Waals surface area contributed by atoms with Gasteiger partial charge >= 0.3 is 0 Å². The van der Waals surface area contributed by atoms with Gasteiger partial charge in [-0.05, 0) is 73.9 Å². The van der Waals surface area contributed by atoms with Gasteiger partial charge in [0.05, 0.1) is 17.7 Å². The third-order valence-electron chi connectivity index (χ3n) is 6.45. The summed E-state index contributed by atoms with van der Waals surface area (Å²) in [5.41, 5.74) is 1.76. The number of halogens is 1. The normalized spacial score (nSPS) is 11.9. The third kappa shape index (κ3) is 7.59. The van der Waals surface area contributed by atoms with Crippen LogP contribution in [0.25, 0.3) is 0 Å². The van der Waals surface area contributed by atoms with Gasteiger partial charge in [-0.3, -0.25) is 13.9 Å². The van der Waals surface area contributed by atoms with Crippen molar-refractivity contribution >= 4 is 27.5 Å². The first-order chi connectivity index (χ1) is 19.1. The molecule has 0 aliphatic rings. The van der Waals surface area contributed by atoms with Crippen LogP contribution in [0, 0.1) is 12.7 Å². The lowest BCUT2D eigenvalue weighted by molar-refractivity contribution is -0.140. The average molecular weight is 570 g/mol. The van der Waals surface area contributed by atoms with Crippen LogP contribution in [-0.4, -0.2) is 51.4 Å². The molecule has 40 heavy (non-hydrogen) atoms. The third-order valence-corrected chi connectivity index (χ3v) is 8.24. The van der Waals surface area contributed by atoms with Crippen molar-refractivity contribution in [1.29, 1.82) is 0 Å². The van der Waals surface area contributed by atoms with Crippen molar-refractivity contribution in [2.24, 2.45) is 0 Å². The average Bonchev–Trinajstić information content (AvgIpc) is 2.95. The lowest BCUT2D eigenvalue weighted by Gasteiger charge is -2.33. The van der Waals surface area contributed by atoms with Gasteiger partial charge in [-0.25, -0.2) is 12.8 Å². The van der Waals surface area contributed by atoms with E-state index in [1.807, 2.05) is 13.8 Å². The topological polar surface area (TPSA) is 96.0 Å². The number of carbonyl (C=O) groups excluding carboxylic acids is 2. The maximum atomic E-state index is 14.0. The van der Waals surface area contributed by atoms with Gasteiger partial charge in [-0.1, -0.05) is 43.7 Å². The van der Waals surface area contributed by atoms with Gasteiger partial charge < -0.3 is 15.0 Å². The fraction of sp³-hybridized carbons (Fsp3) is 0.333. The van der Waals surface area contributed by atoms with Crippen LogP contribution in [0.4, 0.5) is 10.1 Å². The second kappa shape index (κ2) is 13.9. The summed E-state index contributed by atoms with van der Waals surface area (Å²) in [5.74, 6) is -0.810. The molecule has 0 fully saturated rings. The fourth-order valence-corrected chi connectivity index (χ4v) is 5.60. The van der Waals surface area contributed by atoms with Crippen LogP contribution in [0.15, 0.2) is 77.7 Å². The lowest BCUT2D eigenvalue weighted by Crippen LogP contribution is -2.52. The first kappa shape index (κ1) is 30.6. The molecule has 10 heteroatoms. The zero-order valence-corrected chi connectivity index (χ0v) is 24.1. The zero-order chi connectivity index (χ0) is 29.3. The van der Waals surface area contributed by atoms with Crippen LogP contribution >= 0.6 is 0 Å². The largest absolute Gasteiger partial charge is 0.497 e. The van der Waals surface area contributed by atoms with Crippen molar-refractivity contribution in [3.63, 3.8) is 0 Å². The number of anilines is 1. The summed E-state index contributed by atoms with van der Waals surface area (Å²) in [6.07, 6.45) is 1.02. The smallest absolute Gasteiger partial charge is 0.264 e. The Hall–Kier alpha value is -3.92. The molecule has 0 aliphatic carbocycles. The lowest BCUT2D eigenvalue weighted by atomic mass is 10.1. The molecule has 1 unspecified atom stereocenters. The number of aryl methyl sites for hydroxylation is 1. The van der Waals surface area contributed by atoms with Crippen molar-refractivity contribution in [1.82, 2.24) is 10.2 Å². The van der Waals surface area contributed by atoms with Gasteiger partial charge in [-0.2, -0.15) is 0 Å². The van der Waals surface area contributed by atoms with Gasteiger partial charge in [0.15, 0.2) is 0 Å². The minimum Gasteiger partial charge on any atom is -0.497 e. The number of nitrogens with zero attached hydrogens (tertiary/aromatic N) is 2. The summed E-state index contributed by atoms with van der Waals surface area (Å²) >= 11 is 0. The van der Waals surface area contributed by atoms with E-state index in [-0.39, 0.29) is 23.0 Å². The molecule has 1 atom stereocenters.